The number of hydrogen-bond donors (Lipinski definition) is 3. The molecule has 3 heterocycles. The minimum Gasteiger partial charge on any atom is -0.456 e. The number of carbonyl (C=O) groups excluding carboxylic acids is 1. The number of nitrogens with two attached hydrogens (primary N) is 1. The van der Waals surface area contributed by atoms with E-state index in [0.717, 1.165) is 4.57 Å². The molecule has 0 amide bonds. The molecule has 30 heavy (non-hydrogen) atoms. The van der Waals surface area contributed by atoms with Gasteiger partial charge in [-0.2, -0.15) is 4.98 Å². The topological polar surface area (TPSA) is 150 Å². The first kappa shape index (κ1) is 20.3. The Bertz CT molecular complexity index is 1190. The summed E-state index contributed by atoms with van der Waals surface area (Å²) in [6, 6.07) is 8.55. The molecule has 3 aromatic rings. The van der Waals surface area contributed by atoms with E-state index in [1.54, 1.807) is 30.3 Å². The maximum absolute atomic E-state index is 12.5. The summed E-state index contributed by atoms with van der Waals surface area (Å²) in [6.07, 6.45) is -2.80. The van der Waals surface area contributed by atoms with Crippen LogP contribution in [0.2, 0.25) is 0 Å². The molecule has 1 aromatic carbocycles. The van der Waals surface area contributed by atoms with Gasteiger partial charge in [-0.25, -0.2) is 4.79 Å². The first-order valence-electron chi connectivity index (χ1n) is 9.39. The average Bonchev–Trinajstić information content (AvgIpc) is 3.25. The van der Waals surface area contributed by atoms with Crippen LogP contribution in [0.4, 0.5) is 5.95 Å². The Hall–Kier alpha value is -3.02. The molecule has 158 valence electrons. The van der Waals surface area contributed by atoms with Gasteiger partial charge in [-0.3, -0.25) is 19.1 Å². The van der Waals surface area contributed by atoms with Crippen LogP contribution in [0.25, 0.3) is 10.3 Å². The first-order valence-corrected chi connectivity index (χ1v) is 10.2. The molecule has 1 aliphatic heterocycles. The summed E-state index contributed by atoms with van der Waals surface area (Å²) in [7, 11) is 0. The predicted molar refractivity (Wildman–Crippen MR) is 109 cm³/mol. The Balaban J connectivity index is 1.60. The highest BCUT2D eigenvalue weighted by Crippen LogP contribution is 2.33. The number of H-pyrrole nitrogens is 1. The first-order chi connectivity index (χ1) is 14.4. The third-order valence-corrected chi connectivity index (χ3v) is 5.89. The van der Waals surface area contributed by atoms with Crippen molar-refractivity contribution in [1.82, 2.24) is 14.5 Å². The highest BCUT2D eigenvalue weighted by Gasteiger charge is 2.42. The van der Waals surface area contributed by atoms with Gasteiger partial charge in [-0.1, -0.05) is 36.5 Å². The number of ether oxygens (including phenoxy) is 2. The van der Waals surface area contributed by atoms with Gasteiger partial charge in [0.2, 0.25) is 5.95 Å². The van der Waals surface area contributed by atoms with Gasteiger partial charge in [-0.15, -0.1) is 0 Å². The smallest absolute Gasteiger partial charge is 0.338 e. The van der Waals surface area contributed by atoms with Gasteiger partial charge >= 0.3 is 10.8 Å². The number of aliphatic hydroxyl groups excluding tert-OH is 1. The van der Waals surface area contributed by atoms with Gasteiger partial charge in [0.15, 0.2) is 11.9 Å². The number of nitrogens with one attached hydrogen (secondary N) is 1. The lowest BCUT2D eigenvalue weighted by atomic mass is 10.1. The summed E-state index contributed by atoms with van der Waals surface area (Å²) in [5, 5.41) is 10.6. The van der Waals surface area contributed by atoms with Gasteiger partial charge in [0.1, 0.15) is 16.9 Å². The van der Waals surface area contributed by atoms with Gasteiger partial charge in [-0.05, 0) is 18.6 Å². The van der Waals surface area contributed by atoms with Crippen LogP contribution in [0, 0.1) is 0 Å². The van der Waals surface area contributed by atoms with Crippen LogP contribution in [0.3, 0.4) is 0 Å². The van der Waals surface area contributed by atoms with Crippen LogP contribution in [0.5, 0.6) is 0 Å². The lowest BCUT2D eigenvalue weighted by Gasteiger charge is -2.23. The number of esters is 1. The number of nitrogens with zero attached hydrogens (tertiary/aromatic N) is 2. The average molecular weight is 432 g/mol. The molecule has 0 spiro atoms. The van der Waals surface area contributed by atoms with Crippen LogP contribution >= 0.6 is 11.3 Å². The van der Waals surface area contributed by atoms with Crippen molar-refractivity contribution in [3.8, 4) is 0 Å². The zero-order chi connectivity index (χ0) is 21.4. The zero-order valence-corrected chi connectivity index (χ0v) is 16.8. The van der Waals surface area contributed by atoms with E-state index in [1.165, 1.54) is 0 Å². The lowest BCUT2D eigenvalue weighted by molar-refractivity contribution is -0.0815. The number of hydrogen-bond acceptors (Lipinski definition) is 9. The second-order valence-corrected chi connectivity index (χ2v) is 7.89. The molecule has 0 bridgehead atoms. The summed E-state index contributed by atoms with van der Waals surface area (Å²) in [4.78, 5) is 42.8. The number of rotatable bonds is 5. The van der Waals surface area contributed by atoms with Gasteiger partial charge in [0.05, 0.1) is 11.7 Å². The Morgan fingerprint density at radius 2 is 2.17 bits per heavy atom. The minimum absolute atomic E-state index is 0.0466. The second-order valence-electron chi connectivity index (χ2n) is 6.93. The second kappa shape index (κ2) is 8.01. The fourth-order valence-corrected chi connectivity index (χ4v) is 4.37. The monoisotopic (exact) mass is 432 g/mol. The predicted octanol–water partition coefficient (Wildman–Crippen LogP) is 1.01. The maximum atomic E-state index is 12.5. The fraction of sp³-hybridized carbons (Fsp3) is 0.368. The highest BCUT2D eigenvalue weighted by molar-refractivity contribution is 7.16. The Morgan fingerprint density at radius 1 is 1.43 bits per heavy atom. The van der Waals surface area contributed by atoms with Crippen molar-refractivity contribution in [3.05, 3.63) is 55.9 Å². The van der Waals surface area contributed by atoms with Crippen molar-refractivity contribution in [1.29, 1.82) is 0 Å². The molecule has 4 atom stereocenters. The Morgan fingerprint density at radius 3 is 2.87 bits per heavy atom. The Labute approximate surface area is 173 Å². The molecule has 1 saturated heterocycles. The number of thiazole rings is 1. The fourth-order valence-electron chi connectivity index (χ4n) is 3.52. The SMILES string of the molecule is CCC(OC(=O)c1ccccc1)C1C[C@@H](O)[C@H](n2c(=O)sc3c(=O)[nH]c(N)nc32)O1. The van der Waals surface area contributed by atoms with Crippen molar-refractivity contribution in [2.75, 3.05) is 5.73 Å². The van der Waals surface area contributed by atoms with Crippen molar-refractivity contribution < 1.29 is 19.4 Å². The van der Waals surface area contributed by atoms with E-state index >= 15 is 0 Å². The third kappa shape index (κ3) is 3.62. The molecular formula is C19H20N4O6S. The number of aromatic amines is 1. The maximum Gasteiger partial charge on any atom is 0.338 e. The van der Waals surface area contributed by atoms with E-state index < -0.39 is 40.9 Å². The van der Waals surface area contributed by atoms with Crippen molar-refractivity contribution in [2.45, 2.75) is 44.3 Å². The molecule has 1 aliphatic rings. The van der Waals surface area contributed by atoms with Crippen LogP contribution in [-0.4, -0.2) is 43.9 Å². The number of anilines is 1. The number of nitrogen functional groups attached to an aromatic ring is 1. The van der Waals surface area contributed by atoms with Crippen LogP contribution < -0.4 is 16.2 Å². The van der Waals surface area contributed by atoms with E-state index in [1.807, 2.05) is 6.92 Å². The van der Waals surface area contributed by atoms with E-state index in [-0.39, 0.29) is 22.7 Å². The number of carbonyl (C=O) groups is 1. The summed E-state index contributed by atoms with van der Waals surface area (Å²) < 4.78 is 12.7. The van der Waals surface area contributed by atoms with Crippen molar-refractivity contribution >= 4 is 33.6 Å². The molecule has 0 aliphatic carbocycles. The molecule has 1 fully saturated rings. The number of aromatic nitrogens is 3. The molecule has 4 N–H and O–H groups in total. The van der Waals surface area contributed by atoms with Crippen LogP contribution in [0.15, 0.2) is 39.9 Å². The number of aliphatic hydroxyl groups is 1. The van der Waals surface area contributed by atoms with E-state index in [0.29, 0.717) is 23.3 Å². The molecule has 2 aromatic heterocycles. The molecule has 4 rings (SSSR count). The van der Waals surface area contributed by atoms with Crippen LogP contribution in [0.1, 0.15) is 36.4 Å². The van der Waals surface area contributed by atoms with Gasteiger partial charge in [0, 0.05) is 6.42 Å². The molecule has 0 saturated carbocycles. The summed E-state index contributed by atoms with van der Waals surface area (Å²) in [5.74, 6) is -0.644. The number of fused-ring (bicyclic) bond motifs is 1. The third-order valence-electron chi connectivity index (χ3n) is 4.95. The molecular weight excluding hydrogens is 412 g/mol. The quantitative estimate of drug-likeness (QED) is 0.506. The minimum atomic E-state index is -1.07. The van der Waals surface area contributed by atoms with E-state index in [4.69, 9.17) is 15.2 Å². The molecule has 2 unspecified atom stereocenters. The normalized spacial score (nSPS) is 22.3. The highest BCUT2D eigenvalue weighted by atomic mass is 32.1. The molecule has 0 radical (unpaired) electrons. The Kier molecular flexibility index (Phi) is 5.41. The summed E-state index contributed by atoms with van der Waals surface area (Å²) in [6.45, 7) is 1.83. The standard InChI is InChI=1S/C19H20N4O6S/c1-2-11(29-17(26)9-6-4-3-5-7-9)12-8-10(24)16(28-12)23-14-13(30-19(23)27)15(25)22-18(20)21-14/h3-7,10-12,16,24H,2,8H2,1H3,(H3,20,21,22,25)/t10-,11?,12?,16-/m1/s1. The van der Waals surface area contributed by atoms with Crippen molar-refractivity contribution in [3.63, 3.8) is 0 Å². The number of benzene rings is 1. The van der Waals surface area contributed by atoms with Crippen LogP contribution in [-0.2, 0) is 9.47 Å². The summed E-state index contributed by atoms with van der Waals surface area (Å²) >= 11 is 0.695. The van der Waals surface area contributed by atoms with E-state index in [2.05, 4.69) is 9.97 Å². The van der Waals surface area contributed by atoms with Crippen molar-refractivity contribution in [2.24, 2.45) is 0 Å². The van der Waals surface area contributed by atoms with E-state index in [9.17, 15) is 19.5 Å². The molecule has 10 nitrogen and oxygen atoms in total. The van der Waals surface area contributed by atoms with Gasteiger partial charge in [0.25, 0.3) is 5.56 Å². The zero-order valence-electron chi connectivity index (χ0n) is 16.0. The van der Waals surface area contributed by atoms with Gasteiger partial charge < -0.3 is 20.3 Å². The largest absolute Gasteiger partial charge is 0.456 e. The molecule has 11 heteroatoms. The summed E-state index contributed by atoms with van der Waals surface area (Å²) in [5.41, 5.74) is 5.52. The lowest BCUT2D eigenvalue weighted by Crippen LogP contribution is -2.31.